The molecule has 0 aliphatic carbocycles. The van der Waals surface area contributed by atoms with Crippen molar-refractivity contribution in [1.82, 2.24) is 4.98 Å². The minimum absolute atomic E-state index is 0.0303. The molecule has 1 saturated heterocycles. The number of pyridine rings is 1. The molecule has 22 heavy (non-hydrogen) atoms. The Hall–Kier alpha value is -2.63. The molecule has 1 aliphatic heterocycles. The number of halogens is 1. The molecule has 0 spiro atoms. The zero-order chi connectivity index (χ0) is 15.5. The van der Waals surface area contributed by atoms with Crippen LogP contribution in [0.3, 0.4) is 0 Å². The van der Waals surface area contributed by atoms with Crippen LogP contribution in [0.2, 0.25) is 0 Å². The highest BCUT2D eigenvalue weighted by Gasteiger charge is 2.16. The van der Waals surface area contributed by atoms with Gasteiger partial charge in [0.25, 0.3) is 0 Å². The van der Waals surface area contributed by atoms with E-state index in [0.29, 0.717) is 16.8 Å². The lowest BCUT2D eigenvalue weighted by atomic mass is 10.0. The van der Waals surface area contributed by atoms with Crippen LogP contribution in [-0.2, 0) is 0 Å². The Morgan fingerprint density at radius 2 is 2.00 bits per heavy atom. The summed E-state index contributed by atoms with van der Waals surface area (Å²) in [5.74, 6) is 0.888. The van der Waals surface area contributed by atoms with Gasteiger partial charge in [-0.15, -0.1) is 0 Å². The summed E-state index contributed by atoms with van der Waals surface area (Å²) >= 11 is 0. The van der Waals surface area contributed by atoms with Crippen LogP contribution in [0.25, 0.3) is 0 Å². The number of nitrogens with zero attached hydrogens (tertiary/aromatic N) is 2. The fourth-order valence-corrected chi connectivity index (χ4v) is 2.65. The van der Waals surface area contributed by atoms with Crippen LogP contribution in [-0.4, -0.2) is 23.8 Å². The summed E-state index contributed by atoms with van der Waals surface area (Å²) in [7, 11) is 0. The predicted molar refractivity (Wildman–Crippen MR) is 84.2 cm³/mol. The van der Waals surface area contributed by atoms with E-state index in [9.17, 15) is 4.53 Å². The molecule has 1 fully saturated rings. The van der Waals surface area contributed by atoms with Crippen LogP contribution in [0.15, 0.2) is 36.5 Å². The molecule has 3 N–H and O–H groups in total. The summed E-state index contributed by atoms with van der Waals surface area (Å²) in [5, 5.41) is 8.35. The molecule has 0 saturated carbocycles. The summed E-state index contributed by atoms with van der Waals surface area (Å²) in [5.41, 5.74) is 7.66. The number of nitrogen functional groups attached to an aromatic ring is 1. The van der Waals surface area contributed by atoms with Gasteiger partial charge in [-0.1, -0.05) is 0 Å². The van der Waals surface area contributed by atoms with Gasteiger partial charge in [0.2, 0.25) is 0 Å². The van der Waals surface area contributed by atoms with Crippen molar-refractivity contribution >= 4 is 17.2 Å². The van der Waals surface area contributed by atoms with Gasteiger partial charge in [-0.25, -0.2) is 4.98 Å². The molecule has 6 heteroatoms. The SMILES string of the molecule is N=C(c1ccnc(N2CCCC2)c1)c1cc(OF)ccc1N. The standard InChI is InChI=1S/C16H17FN4O/c17-22-12-3-4-14(18)13(10-12)16(19)11-5-6-20-15(9-11)21-7-1-2-8-21/h3-6,9-10,19H,1-2,7-8,18H2. The molecule has 2 aromatic rings. The van der Waals surface area contributed by atoms with E-state index in [2.05, 4.69) is 14.8 Å². The molecule has 1 aromatic heterocycles. The van der Waals surface area contributed by atoms with Crippen molar-refractivity contribution in [3.05, 3.63) is 47.7 Å². The highest BCUT2D eigenvalue weighted by Crippen LogP contribution is 2.25. The minimum atomic E-state index is 0.0303. The molecule has 3 rings (SSSR count). The zero-order valence-electron chi connectivity index (χ0n) is 12.1. The molecule has 0 atom stereocenters. The van der Waals surface area contributed by atoms with Gasteiger partial charge in [-0.2, -0.15) is 0 Å². The summed E-state index contributed by atoms with van der Waals surface area (Å²) in [6, 6.07) is 8.00. The first-order valence-electron chi connectivity index (χ1n) is 7.17. The lowest BCUT2D eigenvalue weighted by molar-refractivity contribution is -0.00619. The van der Waals surface area contributed by atoms with Crippen molar-refractivity contribution in [2.75, 3.05) is 23.7 Å². The number of rotatable bonds is 4. The van der Waals surface area contributed by atoms with Crippen molar-refractivity contribution in [1.29, 1.82) is 5.41 Å². The normalized spacial score (nSPS) is 14.1. The highest BCUT2D eigenvalue weighted by atomic mass is 19.3. The van der Waals surface area contributed by atoms with E-state index in [1.165, 1.54) is 18.2 Å². The fraction of sp³-hybridized carbons (Fsp3) is 0.250. The zero-order valence-corrected chi connectivity index (χ0v) is 12.1. The highest BCUT2D eigenvalue weighted by molar-refractivity contribution is 6.14. The number of hydrogen-bond acceptors (Lipinski definition) is 5. The van der Waals surface area contributed by atoms with E-state index in [1.807, 2.05) is 6.07 Å². The third kappa shape index (κ3) is 2.72. The van der Waals surface area contributed by atoms with Gasteiger partial charge >= 0.3 is 0 Å². The fourth-order valence-electron chi connectivity index (χ4n) is 2.65. The van der Waals surface area contributed by atoms with Crippen LogP contribution in [0.1, 0.15) is 24.0 Å². The Bertz CT molecular complexity index is 698. The van der Waals surface area contributed by atoms with Gasteiger partial charge in [0.1, 0.15) is 5.82 Å². The van der Waals surface area contributed by atoms with E-state index in [1.54, 1.807) is 12.3 Å². The van der Waals surface area contributed by atoms with Crippen LogP contribution in [0.4, 0.5) is 16.0 Å². The minimum Gasteiger partial charge on any atom is -0.398 e. The molecular weight excluding hydrogens is 283 g/mol. The summed E-state index contributed by atoms with van der Waals surface area (Å²) in [4.78, 5) is 10.3. The summed E-state index contributed by atoms with van der Waals surface area (Å²) in [6.45, 7) is 1.97. The van der Waals surface area contributed by atoms with Crippen molar-refractivity contribution in [3.63, 3.8) is 0 Å². The molecule has 0 amide bonds. The molecule has 114 valence electrons. The van der Waals surface area contributed by atoms with E-state index in [4.69, 9.17) is 11.1 Å². The molecule has 2 heterocycles. The van der Waals surface area contributed by atoms with Crippen LogP contribution >= 0.6 is 0 Å². The molecule has 0 unspecified atom stereocenters. The molecule has 1 aliphatic rings. The second kappa shape index (κ2) is 6.01. The Balaban J connectivity index is 1.93. The maximum Gasteiger partial charge on any atom is 0.172 e. The second-order valence-electron chi connectivity index (χ2n) is 5.30. The summed E-state index contributed by atoms with van der Waals surface area (Å²) in [6.07, 6.45) is 4.00. The molecule has 5 nitrogen and oxygen atoms in total. The number of nitrogens with two attached hydrogens (primary N) is 1. The monoisotopic (exact) mass is 300 g/mol. The second-order valence-corrected chi connectivity index (χ2v) is 5.30. The topological polar surface area (TPSA) is 75.2 Å². The van der Waals surface area contributed by atoms with Gasteiger partial charge in [-0.05, 0) is 43.2 Å². The predicted octanol–water partition coefficient (Wildman–Crippen LogP) is 2.94. The van der Waals surface area contributed by atoms with Crippen molar-refractivity contribution in [2.45, 2.75) is 12.8 Å². The van der Waals surface area contributed by atoms with Gasteiger partial charge < -0.3 is 10.6 Å². The van der Waals surface area contributed by atoms with Crippen LogP contribution in [0.5, 0.6) is 5.75 Å². The van der Waals surface area contributed by atoms with Crippen molar-refractivity contribution in [3.8, 4) is 5.75 Å². The Labute approximate surface area is 127 Å². The third-order valence-corrected chi connectivity index (χ3v) is 3.85. The average Bonchev–Trinajstić information content (AvgIpc) is 3.09. The van der Waals surface area contributed by atoms with Gasteiger partial charge in [0.05, 0.1) is 5.71 Å². The summed E-state index contributed by atoms with van der Waals surface area (Å²) < 4.78 is 12.3. The maximum absolute atomic E-state index is 12.3. The lowest BCUT2D eigenvalue weighted by Crippen LogP contribution is -2.19. The lowest BCUT2D eigenvalue weighted by Gasteiger charge is -2.17. The smallest absolute Gasteiger partial charge is 0.172 e. The number of benzene rings is 1. The average molecular weight is 300 g/mol. The van der Waals surface area contributed by atoms with Gasteiger partial charge in [0, 0.05) is 40.6 Å². The maximum atomic E-state index is 12.3. The van der Waals surface area contributed by atoms with Crippen molar-refractivity contribution < 1.29 is 9.47 Å². The van der Waals surface area contributed by atoms with Gasteiger partial charge in [-0.3, -0.25) is 10.4 Å². The van der Waals surface area contributed by atoms with Gasteiger partial charge in [0.15, 0.2) is 5.75 Å². The number of hydrogen-bond donors (Lipinski definition) is 2. The first-order valence-corrected chi connectivity index (χ1v) is 7.17. The van der Waals surface area contributed by atoms with Crippen LogP contribution < -0.4 is 15.6 Å². The number of anilines is 2. The number of nitrogens with one attached hydrogen (secondary N) is 1. The third-order valence-electron chi connectivity index (χ3n) is 3.85. The van der Waals surface area contributed by atoms with E-state index < -0.39 is 0 Å². The van der Waals surface area contributed by atoms with Crippen LogP contribution in [0, 0.1) is 5.41 Å². The molecule has 0 radical (unpaired) electrons. The Morgan fingerprint density at radius 3 is 2.73 bits per heavy atom. The first-order chi connectivity index (χ1) is 10.7. The van der Waals surface area contributed by atoms with E-state index in [0.717, 1.165) is 31.7 Å². The molecule has 1 aromatic carbocycles. The Morgan fingerprint density at radius 1 is 1.23 bits per heavy atom. The molecule has 0 bridgehead atoms. The molecular formula is C16H17FN4O. The van der Waals surface area contributed by atoms with E-state index in [-0.39, 0.29) is 11.5 Å². The number of aromatic nitrogens is 1. The van der Waals surface area contributed by atoms with Crippen molar-refractivity contribution in [2.24, 2.45) is 0 Å². The Kier molecular flexibility index (Phi) is 3.91. The first kappa shape index (κ1) is 14.3. The van der Waals surface area contributed by atoms with E-state index >= 15 is 0 Å². The quantitative estimate of drug-likeness (QED) is 0.672. The largest absolute Gasteiger partial charge is 0.398 e.